The maximum absolute atomic E-state index is 6.08. The SMILES string of the molecule is CN(CC1CCCN1C)CC1(CN)CCCCC1. The Labute approximate surface area is 113 Å². The summed E-state index contributed by atoms with van der Waals surface area (Å²) in [5.74, 6) is 0. The molecule has 2 rings (SSSR count). The van der Waals surface area contributed by atoms with Crippen molar-refractivity contribution in [1.29, 1.82) is 0 Å². The van der Waals surface area contributed by atoms with Crippen LogP contribution < -0.4 is 5.73 Å². The average Bonchev–Trinajstić information content (AvgIpc) is 2.76. The number of nitrogens with zero attached hydrogens (tertiary/aromatic N) is 2. The Balaban J connectivity index is 1.83. The topological polar surface area (TPSA) is 32.5 Å². The van der Waals surface area contributed by atoms with Crippen molar-refractivity contribution >= 4 is 0 Å². The predicted octanol–water partition coefficient (Wildman–Crippen LogP) is 1.92. The molecule has 106 valence electrons. The molecule has 1 atom stereocenters. The van der Waals surface area contributed by atoms with Gasteiger partial charge in [-0.1, -0.05) is 19.3 Å². The van der Waals surface area contributed by atoms with Gasteiger partial charge >= 0.3 is 0 Å². The van der Waals surface area contributed by atoms with Gasteiger partial charge in [-0.3, -0.25) is 0 Å². The molecule has 1 aliphatic heterocycles. The van der Waals surface area contributed by atoms with E-state index in [0.717, 1.165) is 12.6 Å². The number of likely N-dealkylation sites (N-methyl/N-ethyl adjacent to an activating group) is 2. The molecule has 3 heteroatoms. The van der Waals surface area contributed by atoms with Crippen LogP contribution in [0.3, 0.4) is 0 Å². The third kappa shape index (κ3) is 3.46. The number of hydrogen-bond donors (Lipinski definition) is 1. The van der Waals surface area contributed by atoms with Gasteiger partial charge in [0.2, 0.25) is 0 Å². The Kier molecular flexibility index (Phi) is 5.05. The molecule has 2 N–H and O–H groups in total. The molecule has 1 heterocycles. The van der Waals surface area contributed by atoms with Gasteiger partial charge in [-0.25, -0.2) is 0 Å². The van der Waals surface area contributed by atoms with Gasteiger partial charge in [0.1, 0.15) is 0 Å². The standard InChI is InChI=1S/C15H31N3/c1-17(11-14-7-6-10-18(14)2)13-15(12-16)8-4-3-5-9-15/h14H,3-13,16H2,1-2H3. The lowest BCUT2D eigenvalue weighted by atomic mass is 9.73. The highest BCUT2D eigenvalue weighted by Gasteiger charge is 2.32. The third-order valence-corrected chi connectivity index (χ3v) is 5.15. The van der Waals surface area contributed by atoms with Gasteiger partial charge in [0.05, 0.1) is 0 Å². The van der Waals surface area contributed by atoms with Crippen molar-refractivity contribution in [2.45, 2.75) is 51.0 Å². The van der Waals surface area contributed by atoms with Crippen LogP contribution in [0.25, 0.3) is 0 Å². The van der Waals surface area contributed by atoms with Gasteiger partial charge in [0.15, 0.2) is 0 Å². The van der Waals surface area contributed by atoms with E-state index in [-0.39, 0.29) is 0 Å². The second kappa shape index (κ2) is 6.36. The molecule has 0 bridgehead atoms. The lowest BCUT2D eigenvalue weighted by Gasteiger charge is -2.40. The van der Waals surface area contributed by atoms with Crippen molar-refractivity contribution in [2.75, 3.05) is 40.3 Å². The van der Waals surface area contributed by atoms with Gasteiger partial charge in [-0.05, 0) is 58.3 Å². The summed E-state index contributed by atoms with van der Waals surface area (Å²) in [7, 11) is 4.56. The second-order valence-corrected chi connectivity index (χ2v) is 6.74. The molecule has 0 radical (unpaired) electrons. The Morgan fingerprint density at radius 1 is 1.22 bits per heavy atom. The highest BCUT2D eigenvalue weighted by molar-refractivity contribution is 4.88. The summed E-state index contributed by atoms with van der Waals surface area (Å²) in [6, 6.07) is 0.772. The third-order valence-electron chi connectivity index (χ3n) is 5.15. The van der Waals surface area contributed by atoms with Crippen molar-refractivity contribution in [3.05, 3.63) is 0 Å². The van der Waals surface area contributed by atoms with E-state index in [0.29, 0.717) is 5.41 Å². The first-order valence-electron chi connectivity index (χ1n) is 7.74. The van der Waals surface area contributed by atoms with Crippen LogP contribution in [-0.2, 0) is 0 Å². The van der Waals surface area contributed by atoms with Crippen molar-refractivity contribution in [3.8, 4) is 0 Å². The number of hydrogen-bond acceptors (Lipinski definition) is 3. The largest absolute Gasteiger partial charge is 0.330 e. The monoisotopic (exact) mass is 253 g/mol. The fourth-order valence-electron chi connectivity index (χ4n) is 3.94. The molecule has 3 nitrogen and oxygen atoms in total. The quantitative estimate of drug-likeness (QED) is 0.812. The number of likely N-dealkylation sites (tertiary alicyclic amines) is 1. The van der Waals surface area contributed by atoms with Gasteiger partial charge < -0.3 is 15.5 Å². The van der Waals surface area contributed by atoms with Crippen LogP contribution in [0.2, 0.25) is 0 Å². The molecule has 1 saturated carbocycles. The highest BCUT2D eigenvalue weighted by Crippen LogP contribution is 2.36. The summed E-state index contributed by atoms with van der Waals surface area (Å²) < 4.78 is 0. The number of rotatable bonds is 5. The molecular formula is C15H31N3. The molecular weight excluding hydrogens is 222 g/mol. The van der Waals surface area contributed by atoms with Gasteiger partial charge in [-0.15, -0.1) is 0 Å². The lowest BCUT2D eigenvalue weighted by Crippen LogP contribution is -2.46. The van der Waals surface area contributed by atoms with E-state index in [2.05, 4.69) is 23.9 Å². The first-order valence-corrected chi connectivity index (χ1v) is 7.74. The summed E-state index contributed by atoms with van der Waals surface area (Å²) in [4.78, 5) is 5.07. The lowest BCUT2D eigenvalue weighted by molar-refractivity contribution is 0.111. The van der Waals surface area contributed by atoms with Crippen LogP contribution in [0.1, 0.15) is 44.9 Å². The molecule has 0 amide bonds. The van der Waals surface area contributed by atoms with Crippen LogP contribution in [0.5, 0.6) is 0 Å². The fraction of sp³-hybridized carbons (Fsp3) is 1.00. The fourth-order valence-corrected chi connectivity index (χ4v) is 3.94. The predicted molar refractivity (Wildman–Crippen MR) is 77.7 cm³/mol. The molecule has 0 aromatic carbocycles. The average molecular weight is 253 g/mol. The Hall–Kier alpha value is -0.120. The maximum Gasteiger partial charge on any atom is 0.0220 e. The minimum absolute atomic E-state index is 0.421. The Bertz CT molecular complexity index is 248. The van der Waals surface area contributed by atoms with E-state index >= 15 is 0 Å². The van der Waals surface area contributed by atoms with Crippen molar-refractivity contribution < 1.29 is 0 Å². The zero-order valence-corrected chi connectivity index (χ0v) is 12.3. The van der Waals surface area contributed by atoms with Gasteiger partial charge in [0, 0.05) is 19.1 Å². The summed E-state index contributed by atoms with van der Waals surface area (Å²) in [6.45, 7) is 4.57. The zero-order chi connectivity index (χ0) is 13.0. The smallest absolute Gasteiger partial charge is 0.0220 e. The molecule has 0 spiro atoms. The molecule has 18 heavy (non-hydrogen) atoms. The van der Waals surface area contributed by atoms with Crippen LogP contribution in [-0.4, -0.2) is 56.1 Å². The summed E-state index contributed by atoms with van der Waals surface area (Å²) in [5, 5.41) is 0. The van der Waals surface area contributed by atoms with E-state index in [9.17, 15) is 0 Å². The molecule has 1 aliphatic carbocycles. The van der Waals surface area contributed by atoms with Crippen LogP contribution >= 0.6 is 0 Å². The van der Waals surface area contributed by atoms with Crippen LogP contribution in [0.15, 0.2) is 0 Å². The molecule has 2 aliphatic rings. The maximum atomic E-state index is 6.08. The van der Waals surface area contributed by atoms with E-state index in [1.807, 2.05) is 0 Å². The van der Waals surface area contributed by atoms with Crippen LogP contribution in [0.4, 0.5) is 0 Å². The Morgan fingerprint density at radius 2 is 1.94 bits per heavy atom. The first-order chi connectivity index (χ1) is 8.65. The summed E-state index contributed by atoms with van der Waals surface area (Å²) in [6.07, 6.45) is 9.61. The van der Waals surface area contributed by atoms with E-state index < -0.39 is 0 Å². The minimum Gasteiger partial charge on any atom is -0.330 e. The van der Waals surface area contributed by atoms with Gasteiger partial charge in [-0.2, -0.15) is 0 Å². The zero-order valence-electron chi connectivity index (χ0n) is 12.3. The molecule has 1 saturated heterocycles. The molecule has 2 fully saturated rings. The second-order valence-electron chi connectivity index (χ2n) is 6.74. The van der Waals surface area contributed by atoms with E-state index in [4.69, 9.17) is 5.73 Å². The van der Waals surface area contributed by atoms with Crippen molar-refractivity contribution in [3.63, 3.8) is 0 Å². The van der Waals surface area contributed by atoms with Crippen LogP contribution in [0, 0.1) is 5.41 Å². The normalized spacial score (nSPS) is 29.0. The van der Waals surface area contributed by atoms with E-state index in [1.54, 1.807) is 0 Å². The molecule has 1 unspecified atom stereocenters. The van der Waals surface area contributed by atoms with Crippen molar-refractivity contribution in [1.82, 2.24) is 9.80 Å². The number of nitrogens with two attached hydrogens (primary N) is 1. The van der Waals surface area contributed by atoms with Crippen molar-refractivity contribution in [2.24, 2.45) is 11.1 Å². The molecule has 0 aromatic rings. The van der Waals surface area contributed by atoms with Gasteiger partial charge in [0.25, 0.3) is 0 Å². The summed E-state index contributed by atoms with van der Waals surface area (Å²) in [5.41, 5.74) is 6.51. The summed E-state index contributed by atoms with van der Waals surface area (Å²) >= 11 is 0. The highest BCUT2D eigenvalue weighted by atomic mass is 15.2. The van der Waals surface area contributed by atoms with E-state index in [1.165, 1.54) is 64.6 Å². The first kappa shape index (κ1) is 14.3. The molecule has 0 aromatic heterocycles. The minimum atomic E-state index is 0.421. The Morgan fingerprint density at radius 3 is 2.50 bits per heavy atom.